The van der Waals surface area contributed by atoms with Crippen molar-refractivity contribution in [2.24, 2.45) is 0 Å². The molecule has 94 valence electrons. The van der Waals surface area contributed by atoms with Crippen molar-refractivity contribution in [1.29, 1.82) is 0 Å². The van der Waals surface area contributed by atoms with Crippen LogP contribution >= 0.6 is 10.7 Å². The van der Waals surface area contributed by atoms with Crippen LogP contribution in [0.3, 0.4) is 0 Å². The molecule has 1 aliphatic heterocycles. The Morgan fingerprint density at radius 1 is 1.47 bits per heavy atom. The van der Waals surface area contributed by atoms with Crippen LogP contribution in [0.25, 0.3) is 0 Å². The maximum absolute atomic E-state index is 10.9. The topological polar surface area (TPSA) is 43.4 Å². The predicted octanol–water partition coefficient (Wildman–Crippen LogP) is 2.43. The maximum atomic E-state index is 10.9. The number of hydrogen-bond donors (Lipinski definition) is 0. The van der Waals surface area contributed by atoms with Gasteiger partial charge in [-0.1, -0.05) is 12.1 Å². The normalized spacial score (nSPS) is 18.9. The van der Waals surface area contributed by atoms with Crippen molar-refractivity contribution in [3.63, 3.8) is 0 Å². The highest BCUT2D eigenvalue weighted by molar-refractivity contribution is 8.13. The van der Waals surface area contributed by atoms with Gasteiger partial charge in [0.15, 0.2) is 0 Å². The first-order chi connectivity index (χ1) is 7.85. The molecule has 1 heterocycles. The SMILES string of the molecule is Cc1cc(CCS(=O)(=O)Cl)cc2c1OC(C)C2. The molecule has 0 aromatic heterocycles. The third-order valence-corrected chi connectivity index (χ3v) is 4.03. The van der Waals surface area contributed by atoms with Crippen LogP contribution in [0.4, 0.5) is 0 Å². The number of aryl methyl sites for hydroxylation is 2. The number of fused-ring (bicyclic) bond motifs is 1. The Morgan fingerprint density at radius 3 is 2.82 bits per heavy atom. The van der Waals surface area contributed by atoms with Crippen LogP contribution in [-0.2, 0) is 21.9 Å². The summed E-state index contributed by atoms with van der Waals surface area (Å²) in [5.41, 5.74) is 3.23. The molecule has 1 aromatic carbocycles. The van der Waals surface area contributed by atoms with Gasteiger partial charge in [-0.15, -0.1) is 0 Å². The van der Waals surface area contributed by atoms with E-state index in [1.165, 1.54) is 5.56 Å². The van der Waals surface area contributed by atoms with Gasteiger partial charge < -0.3 is 4.74 Å². The van der Waals surface area contributed by atoms with Gasteiger partial charge in [0.25, 0.3) is 0 Å². The highest BCUT2D eigenvalue weighted by Gasteiger charge is 2.21. The van der Waals surface area contributed by atoms with E-state index in [2.05, 4.69) is 0 Å². The van der Waals surface area contributed by atoms with Crippen LogP contribution in [0, 0.1) is 6.92 Å². The van der Waals surface area contributed by atoms with E-state index in [4.69, 9.17) is 15.4 Å². The average molecular weight is 275 g/mol. The van der Waals surface area contributed by atoms with Crippen molar-refractivity contribution in [2.75, 3.05) is 5.75 Å². The zero-order valence-electron chi connectivity index (χ0n) is 9.86. The second-order valence-corrected chi connectivity index (χ2v) is 7.42. The lowest BCUT2D eigenvalue weighted by atomic mass is 10.0. The van der Waals surface area contributed by atoms with Gasteiger partial charge in [-0.25, -0.2) is 8.42 Å². The average Bonchev–Trinajstić information content (AvgIpc) is 2.55. The van der Waals surface area contributed by atoms with Crippen molar-refractivity contribution in [2.45, 2.75) is 32.8 Å². The van der Waals surface area contributed by atoms with E-state index in [9.17, 15) is 8.42 Å². The van der Waals surface area contributed by atoms with Crippen molar-refractivity contribution < 1.29 is 13.2 Å². The maximum Gasteiger partial charge on any atom is 0.232 e. The Balaban J connectivity index is 2.22. The van der Waals surface area contributed by atoms with E-state index in [1.807, 2.05) is 26.0 Å². The predicted molar refractivity (Wildman–Crippen MR) is 68.3 cm³/mol. The Labute approximate surface area is 106 Å². The molecular formula is C12H15ClO3S. The van der Waals surface area contributed by atoms with Gasteiger partial charge in [-0.05, 0) is 37.0 Å². The van der Waals surface area contributed by atoms with Crippen molar-refractivity contribution in [3.05, 3.63) is 28.8 Å². The van der Waals surface area contributed by atoms with Gasteiger partial charge in [-0.3, -0.25) is 0 Å². The minimum Gasteiger partial charge on any atom is -0.490 e. The Hall–Kier alpha value is -0.740. The molecule has 0 fully saturated rings. The minimum absolute atomic E-state index is 0.0246. The molecule has 0 N–H and O–H groups in total. The summed E-state index contributed by atoms with van der Waals surface area (Å²) in [6.07, 6.45) is 1.54. The largest absolute Gasteiger partial charge is 0.490 e. The van der Waals surface area contributed by atoms with E-state index in [0.29, 0.717) is 6.42 Å². The van der Waals surface area contributed by atoms with Crippen molar-refractivity contribution >= 4 is 19.7 Å². The smallest absolute Gasteiger partial charge is 0.232 e. The molecule has 1 aromatic rings. The molecule has 1 atom stereocenters. The molecule has 0 saturated carbocycles. The van der Waals surface area contributed by atoms with E-state index in [0.717, 1.165) is 23.3 Å². The van der Waals surface area contributed by atoms with Gasteiger partial charge in [0.05, 0.1) is 5.75 Å². The zero-order valence-corrected chi connectivity index (χ0v) is 11.4. The summed E-state index contributed by atoms with van der Waals surface area (Å²) >= 11 is 0. The quantitative estimate of drug-likeness (QED) is 0.795. The summed E-state index contributed by atoms with van der Waals surface area (Å²) in [6, 6.07) is 3.99. The van der Waals surface area contributed by atoms with Crippen molar-refractivity contribution in [3.8, 4) is 5.75 Å². The molecule has 0 saturated heterocycles. The molecule has 0 radical (unpaired) electrons. The summed E-state index contributed by atoms with van der Waals surface area (Å²) in [6.45, 7) is 4.01. The number of hydrogen-bond acceptors (Lipinski definition) is 3. The molecule has 1 unspecified atom stereocenters. The third-order valence-electron chi connectivity index (χ3n) is 2.87. The van der Waals surface area contributed by atoms with Gasteiger partial charge in [0.2, 0.25) is 9.05 Å². The number of rotatable bonds is 3. The summed E-state index contributed by atoms with van der Waals surface area (Å²) in [5, 5.41) is 0. The first-order valence-corrected chi connectivity index (χ1v) is 8.04. The highest BCUT2D eigenvalue weighted by atomic mass is 35.7. The summed E-state index contributed by atoms with van der Waals surface area (Å²) < 4.78 is 27.5. The fourth-order valence-electron chi connectivity index (χ4n) is 2.18. The van der Waals surface area contributed by atoms with Crippen LogP contribution in [0.15, 0.2) is 12.1 Å². The van der Waals surface area contributed by atoms with Crippen LogP contribution in [0.1, 0.15) is 23.6 Å². The summed E-state index contributed by atoms with van der Waals surface area (Å²) in [7, 11) is 1.79. The fourth-order valence-corrected chi connectivity index (χ4v) is 2.90. The molecule has 17 heavy (non-hydrogen) atoms. The molecule has 1 aliphatic rings. The lowest BCUT2D eigenvalue weighted by Gasteiger charge is -2.08. The molecule has 2 rings (SSSR count). The third kappa shape index (κ3) is 3.13. The second kappa shape index (κ2) is 4.50. The molecule has 0 bridgehead atoms. The molecular weight excluding hydrogens is 260 g/mol. The fraction of sp³-hybridized carbons (Fsp3) is 0.500. The van der Waals surface area contributed by atoms with Crippen LogP contribution in [0.5, 0.6) is 5.75 Å². The minimum atomic E-state index is -3.42. The van der Waals surface area contributed by atoms with Crippen LogP contribution in [0.2, 0.25) is 0 Å². The van der Waals surface area contributed by atoms with E-state index in [-0.39, 0.29) is 11.9 Å². The van der Waals surface area contributed by atoms with Gasteiger partial charge in [-0.2, -0.15) is 0 Å². The number of ether oxygens (including phenoxy) is 1. The number of halogens is 1. The van der Waals surface area contributed by atoms with Crippen LogP contribution < -0.4 is 4.74 Å². The second-order valence-electron chi connectivity index (χ2n) is 4.53. The summed E-state index contributed by atoms with van der Waals surface area (Å²) in [4.78, 5) is 0. The molecule has 0 spiro atoms. The van der Waals surface area contributed by atoms with E-state index < -0.39 is 9.05 Å². The standard InChI is InChI=1S/C12H15ClO3S/c1-8-5-10(3-4-17(13,14)15)7-11-6-9(2)16-12(8)11/h5,7,9H,3-4,6H2,1-2H3. The lowest BCUT2D eigenvalue weighted by Crippen LogP contribution is -2.05. The van der Waals surface area contributed by atoms with Gasteiger partial charge in [0, 0.05) is 17.1 Å². The highest BCUT2D eigenvalue weighted by Crippen LogP contribution is 2.33. The monoisotopic (exact) mass is 274 g/mol. The molecule has 3 nitrogen and oxygen atoms in total. The zero-order chi connectivity index (χ0) is 12.6. The van der Waals surface area contributed by atoms with Gasteiger partial charge >= 0.3 is 0 Å². The van der Waals surface area contributed by atoms with Crippen molar-refractivity contribution in [1.82, 2.24) is 0 Å². The van der Waals surface area contributed by atoms with E-state index >= 15 is 0 Å². The first-order valence-electron chi connectivity index (χ1n) is 5.56. The summed E-state index contributed by atoms with van der Waals surface area (Å²) in [5.74, 6) is 0.929. The van der Waals surface area contributed by atoms with Crippen LogP contribution in [-0.4, -0.2) is 20.3 Å². The molecule has 5 heteroatoms. The van der Waals surface area contributed by atoms with Gasteiger partial charge in [0.1, 0.15) is 11.9 Å². The molecule has 0 amide bonds. The number of benzene rings is 1. The Kier molecular flexibility index (Phi) is 3.36. The Morgan fingerprint density at radius 2 is 2.18 bits per heavy atom. The Bertz CT molecular complexity index is 537. The first kappa shape index (κ1) is 12.7. The lowest BCUT2D eigenvalue weighted by molar-refractivity contribution is 0.253. The van der Waals surface area contributed by atoms with E-state index in [1.54, 1.807) is 0 Å². The molecule has 0 aliphatic carbocycles.